The lowest BCUT2D eigenvalue weighted by Crippen LogP contribution is -2.49. The van der Waals surface area contributed by atoms with E-state index in [-0.39, 0.29) is 17.8 Å². The standard InChI is InChI=1S/C26H38N6O3S/c1-3-4-12-32-24-23(25(34)28(2)26(32)35)31(20-27-24)19-21(33)18-30-15-13-29(14-16-30)11-8-17-36-22-9-6-5-7-10-22/h5-7,9-10,20-21,33H,3-4,8,11-19H2,1-2H3. The lowest BCUT2D eigenvalue weighted by Gasteiger charge is -2.35. The second-order valence-electron chi connectivity index (χ2n) is 9.53. The second kappa shape index (κ2) is 12.7. The van der Waals surface area contributed by atoms with Gasteiger partial charge in [-0.25, -0.2) is 9.78 Å². The Morgan fingerprint density at radius 2 is 1.72 bits per heavy atom. The third-order valence-corrected chi connectivity index (χ3v) is 7.90. The van der Waals surface area contributed by atoms with Gasteiger partial charge in [0.2, 0.25) is 0 Å². The lowest BCUT2D eigenvalue weighted by molar-refractivity contribution is 0.0650. The first-order chi connectivity index (χ1) is 17.5. The molecule has 1 atom stereocenters. The first-order valence-corrected chi connectivity index (χ1v) is 13.9. The van der Waals surface area contributed by atoms with E-state index in [4.69, 9.17) is 0 Å². The largest absolute Gasteiger partial charge is 0.390 e. The number of piperazine rings is 1. The first-order valence-electron chi connectivity index (χ1n) is 12.9. The molecule has 1 aromatic carbocycles. The van der Waals surface area contributed by atoms with E-state index in [1.807, 2.05) is 17.8 Å². The monoisotopic (exact) mass is 514 g/mol. The Bertz CT molecular complexity index is 1230. The van der Waals surface area contributed by atoms with E-state index in [0.717, 1.165) is 62.3 Å². The molecule has 0 radical (unpaired) electrons. The molecule has 9 nitrogen and oxygen atoms in total. The first kappa shape index (κ1) is 26.7. The maximum atomic E-state index is 12.8. The minimum Gasteiger partial charge on any atom is -0.390 e. The van der Waals surface area contributed by atoms with Gasteiger partial charge < -0.3 is 14.6 Å². The number of benzene rings is 1. The van der Waals surface area contributed by atoms with Crippen molar-refractivity contribution in [1.29, 1.82) is 0 Å². The number of hydrogen-bond donors (Lipinski definition) is 1. The van der Waals surface area contributed by atoms with Crippen molar-refractivity contribution < 1.29 is 5.11 Å². The zero-order chi connectivity index (χ0) is 25.5. The lowest BCUT2D eigenvalue weighted by atomic mass is 10.2. The van der Waals surface area contributed by atoms with E-state index in [1.54, 1.807) is 15.5 Å². The number of fused-ring (bicyclic) bond motifs is 1. The number of unbranched alkanes of at least 4 members (excludes halogenated alkanes) is 1. The molecule has 0 bridgehead atoms. The Balaban J connectivity index is 1.27. The number of aromatic nitrogens is 4. The fraction of sp³-hybridized carbons (Fsp3) is 0.577. The van der Waals surface area contributed by atoms with Crippen LogP contribution in [0.1, 0.15) is 26.2 Å². The van der Waals surface area contributed by atoms with Crippen molar-refractivity contribution in [2.75, 3.05) is 45.0 Å². The number of rotatable bonds is 12. The highest BCUT2D eigenvalue weighted by Gasteiger charge is 2.21. The van der Waals surface area contributed by atoms with Crippen molar-refractivity contribution in [3.05, 3.63) is 57.5 Å². The van der Waals surface area contributed by atoms with Crippen molar-refractivity contribution in [3.8, 4) is 0 Å². The van der Waals surface area contributed by atoms with Crippen LogP contribution in [0, 0.1) is 0 Å². The molecule has 196 valence electrons. The summed E-state index contributed by atoms with van der Waals surface area (Å²) in [5, 5.41) is 10.8. The molecule has 1 saturated heterocycles. The molecule has 36 heavy (non-hydrogen) atoms. The summed E-state index contributed by atoms with van der Waals surface area (Å²) in [4.78, 5) is 35.9. The third-order valence-electron chi connectivity index (χ3n) is 6.81. The number of hydrogen-bond acceptors (Lipinski definition) is 7. The van der Waals surface area contributed by atoms with Gasteiger partial charge in [0.1, 0.15) is 0 Å². The van der Waals surface area contributed by atoms with Crippen LogP contribution in [0.4, 0.5) is 0 Å². The SMILES string of the molecule is CCCCn1c(=O)n(C)c(=O)c2c1ncn2CC(O)CN1CCN(CCCSc2ccccc2)CC1. The number of aliphatic hydroxyl groups is 1. The minimum atomic E-state index is -0.628. The molecule has 2 aromatic heterocycles. The number of aryl methyl sites for hydroxylation is 1. The average Bonchev–Trinajstić information content (AvgIpc) is 3.30. The molecule has 1 unspecified atom stereocenters. The molecule has 1 fully saturated rings. The number of aliphatic hydroxyl groups excluding tert-OH is 1. The van der Waals surface area contributed by atoms with Gasteiger partial charge in [0.15, 0.2) is 11.2 Å². The van der Waals surface area contributed by atoms with E-state index in [0.29, 0.717) is 24.3 Å². The summed E-state index contributed by atoms with van der Waals surface area (Å²) in [7, 11) is 1.50. The maximum absolute atomic E-state index is 12.8. The number of nitrogens with zero attached hydrogens (tertiary/aromatic N) is 6. The summed E-state index contributed by atoms with van der Waals surface area (Å²) < 4.78 is 4.41. The summed E-state index contributed by atoms with van der Waals surface area (Å²) >= 11 is 1.91. The molecule has 1 aliphatic rings. The van der Waals surface area contributed by atoms with Crippen LogP contribution in [0.2, 0.25) is 0 Å². The third kappa shape index (κ3) is 6.47. The molecule has 0 amide bonds. The molecule has 3 heterocycles. The van der Waals surface area contributed by atoms with Crippen molar-refractivity contribution in [1.82, 2.24) is 28.5 Å². The minimum absolute atomic E-state index is 0.272. The smallest absolute Gasteiger partial charge is 0.332 e. The number of imidazole rings is 1. The number of thioether (sulfide) groups is 1. The Morgan fingerprint density at radius 3 is 2.44 bits per heavy atom. The van der Waals surface area contributed by atoms with Crippen molar-refractivity contribution in [3.63, 3.8) is 0 Å². The average molecular weight is 515 g/mol. The zero-order valence-corrected chi connectivity index (χ0v) is 22.2. The van der Waals surface area contributed by atoms with E-state index >= 15 is 0 Å². The van der Waals surface area contributed by atoms with Gasteiger partial charge in [-0.15, -0.1) is 11.8 Å². The van der Waals surface area contributed by atoms with E-state index < -0.39 is 6.10 Å². The Hall–Kier alpha value is -2.40. The molecule has 0 saturated carbocycles. The van der Waals surface area contributed by atoms with Crippen LogP contribution in [0.3, 0.4) is 0 Å². The zero-order valence-electron chi connectivity index (χ0n) is 21.4. The predicted octanol–water partition coefficient (Wildman–Crippen LogP) is 1.86. The van der Waals surface area contributed by atoms with Gasteiger partial charge in [0.25, 0.3) is 5.56 Å². The molecule has 3 aromatic rings. The van der Waals surface area contributed by atoms with Crippen LogP contribution < -0.4 is 11.2 Å². The second-order valence-corrected chi connectivity index (χ2v) is 10.7. The van der Waals surface area contributed by atoms with Crippen molar-refractivity contribution in [2.45, 2.75) is 50.3 Å². The maximum Gasteiger partial charge on any atom is 0.332 e. The summed E-state index contributed by atoms with van der Waals surface area (Å²) in [6, 6.07) is 10.5. The highest BCUT2D eigenvalue weighted by Crippen LogP contribution is 2.18. The van der Waals surface area contributed by atoms with Crippen LogP contribution >= 0.6 is 11.8 Å². The van der Waals surface area contributed by atoms with Crippen molar-refractivity contribution in [2.24, 2.45) is 7.05 Å². The van der Waals surface area contributed by atoms with Gasteiger partial charge in [-0.2, -0.15) is 0 Å². The van der Waals surface area contributed by atoms with Gasteiger partial charge in [0.05, 0.1) is 19.0 Å². The fourth-order valence-corrected chi connectivity index (χ4v) is 5.59. The Labute approximate surface area is 216 Å². The van der Waals surface area contributed by atoms with Crippen LogP contribution in [0.15, 0.2) is 51.1 Å². The van der Waals surface area contributed by atoms with Gasteiger partial charge >= 0.3 is 5.69 Å². The summed E-state index contributed by atoms with van der Waals surface area (Å²) in [6.45, 7) is 8.35. The van der Waals surface area contributed by atoms with Crippen LogP contribution in [-0.2, 0) is 20.1 Å². The fourth-order valence-electron chi connectivity index (χ4n) is 4.73. The number of β-amino-alcohol motifs (C(OH)–C–C–N with tert-alkyl or cyclic N) is 1. The molecule has 0 aliphatic carbocycles. The molecule has 4 rings (SSSR count). The van der Waals surface area contributed by atoms with E-state index in [1.165, 1.54) is 11.9 Å². The van der Waals surface area contributed by atoms with Crippen LogP contribution in [-0.4, -0.2) is 84.7 Å². The van der Waals surface area contributed by atoms with Crippen LogP contribution in [0.5, 0.6) is 0 Å². The highest BCUT2D eigenvalue weighted by molar-refractivity contribution is 7.99. The molecular weight excluding hydrogens is 476 g/mol. The van der Waals surface area contributed by atoms with Crippen molar-refractivity contribution >= 4 is 22.9 Å². The highest BCUT2D eigenvalue weighted by atomic mass is 32.2. The Kier molecular flexibility index (Phi) is 9.41. The van der Waals surface area contributed by atoms with Gasteiger partial charge in [0, 0.05) is 51.2 Å². The van der Waals surface area contributed by atoms with Gasteiger partial charge in [-0.05, 0) is 37.3 Å². The summed E-state index contributed by atoms with van der Waals surface area (Å²) in [5.74, 6) is 1.12. The Morgan fingerprint density at radius 1 is 1.00 bits per heavy atom. The normalized spacial score (nSPS) is 16.1. The topological polar surface area (TPSA) is 88.5 Å². The van der Waals surface area contributed by atoms with E-state index in [9.17, 15) is 14.7 Å². The predicted molar refractivity (Wildman–Crippen MR) is 145 cm³/mol. The molecule has 0 spiro atoms. The molecule has 1 aliphatic heterocycles. The summed E-state index contributed by atoms with van der Waals surface area (Å²) in [6.07, 6.45) is 3.88. The molecule has 10 heteroatoms. The van der Waals surface area contributed by atoms with Gasteiger partial charge in [-0.3, -0.25) is 18.8 Å². The molecular formula is C26H38N6O3S. The molecule has 1 N–H and O–H groups in total. The van der Waals surface area contributed by atoms with Gasteiger partial charge in [-0.1, -0.05) is 31.5 Å². The van der Waals surface area contributed by atoms with E-state index in [2.05, 4.69) is 46.0 Å². The summed E-state index contributed by atoms with van der Waals surface area (Å²) in [5.41, 5.74) is 0.0722. The van der Waals surface area contributed by atoms with Crippen LogP contribution in [0.25, 0.3) is 11.2 Å². The quantitative estimate of drug-likeness (QED) is 0.292.